The molecule has 0 bridgehead atoms. The van der Waals surface area contributed by atoms with E-state index in [1.54, 1.807) is 36.4 Å². The molecule has 3 aromatic carbocycles. The maximum absolute atomic E-state index is 13.7. The van der Waals surface area contributed by atoms with Gasteiger partial charge in [0.2, 0.25) is 0 Å². The molecule has 4 rings (SSSR count). The topological polar surface area (TPSA) is 58.6 Å². The van der Waals surface area contributed by atoms with Gasteiger partial charge in [-0.3, -0.25) is 9.59 Å². The number of carbonyl (C=O) groups excluding carboxylic acids is 2. The zero-order valence-corrected chi connectivity index (χ0v) is 19.8. The van der Waals surface area contributed by atoms with Gasteiger partial charge in [-0.1, -0.05) is 35.9 Å². The average Bonchev–Trinajstić information content (AvgIpc) is 3.00. The molecule has 0 saturated heterocycles. The SMILES string of the molecule is CCOc1ccc(C2=C(Nc3cc(Cl)ccc3C)C(=O)N(c3cc(C)cc(C)c3)C2=O)cc1. The van der Waals surface area contributed by atoms with Gasteiger partial charge in [-0.15, -0.1) is 0 Å². The largest absolute Gasteiger partial charge is 0.494 e. The summed E-state index contributed by atoms with van der Waals surface area (Å²) in [5, 5.41) is 3.74. The summed E-state index contributed by atoms with van der Waals surface area (Å²) in [6.45, 7) is 8.25. The fraction of sp³-hybridized carbons (Fsp3) is 0.185. The van der Waals surface area contributed by atoms with Crippen LogP contribution >= 0.6 is 11.6 Å². The lowest BCUT2D eigenvalue weighted by Crippen LogP contribution is -2.32. The molecule has 1 aliphatic heterocycles. The summed E-state index contributed by atoms with van der Waals surface area (Å²) in [6.07, 6.45) is 0. The van der Waals surface area contributed by atoms with Crippen LogP contribution in [0.5, 0.6) is 5.75 Å². The smallest absolute Gasteiger partial charge is 0.282 e. The monoisotopic (exact) mass is 460 g/mol. The molecule has 33 heavy (non-hydrogen) atoms. The number of ether oxygens (including phenoxy) is 1. The van der Waals surface area contributed by atoms with Crippen LogP contribution in [0.3, 0.4) is 0 Å². The highest BCUT2D eigenvalue weighted by molar-refractivity contribution is 6.46. The maximum atomic E-state index is 13.7. The van der Waals surface area contributed by atoms with Crippen LogP contribution in [0.25, 0.3) is 5.57 Å². The third-order valence-electron chi connectivity index (χ3n) is 5.46. The third-order valence-corrected chi connectivity index (χ3v) is 5.70. The predicted molar refractivity (Wildman–Crippen MR) is 133 cm³/mol. The second-order valence-corrected chi connectivity index (χ2v) is 8.52. The zero-order valence-electron chi connectivity index (χ0n) is 19.0. The summed E-state index contributed by atoms with van der Waals surface area (Å²) >= 11 is 6.19. The van der Waals surface area contributed by atoms with Crippen molar-refractivity contribution >= 4 is 40.4 Å². The van der Waals surface area contributed by atoms with E-state index in [1.165, 1.54) is 4.90 Å². The van der Waals surface area contributed by atoms with Crippen LogP contribution in [0.15, 0.2) is 66.4 Å². The molecule has 2 amide bonds. The van der Waals surface area contributed by atoms with Crippen LogP contribution in [0.1, 0.15) is 29.2 Å². The van der Waals surface area contributed by atoms with Crippen LogP contribution in [-0.4, -0.2) is 18.4 Å². The number of rotatable bonds is 6. The lowest BCUT2D eigenvalue weighted by Gasteiger charge is -2.17. The second kappa shape index (κ2) is 9.12. The van der Waals surface area contributed by atoms with Gasteiger partial charge in [0, 0.05) is 10.7 Å². The molecule has 0 fully saturated rings. The van der Waals surface area contributed by atoms with Gasteiger partial charge in [0.15, 0.2) is 0 Å². The van der Waals surface area contributed by atoms with Gasteiger partial charge in [-0.2, -0.15) is 0 Å². The molecular weight excluding hydrogens is 436 g/mol. The normalized spacial score (nSPS) is 13.7. The van der Waals surface area contributed by atoms with Crippen molar-refractivity contribution in [2.45, 2.75) is 27.7 Å². The lowest BCUT2D eigenvalue weighted by atomic mass is 10.0. The highest BCUT2D eigenvalue weighted by Crippen LogP contribution is 2.36. The van der Waals surface area contributed by atoms with Crippen LogP contribution in [-0.2, 0) is 9.59 Å². The Kier molecular flexibility index (Phi) is 6.25. The molecule has 1 aliphatic rings. The van der Waals surface area contributed by atoms with Crippen molar-refractivity contribution in [2.75, 3.05) is 16.8 Å². The first-order chi connectivity index (χ1) is 15.8. The Hall–Kier alpha value is -3.57. The first-order valence-corrected chi connectivity index (χ1v) is 11.1. The molecule has 1 N–H and O–H groups in total. The molecule has 1 heterocycles. The van der Waals surface area contributed by atoms with Crippen molar-refractivity contribution in [3.05, 3.63) is 93.6 Å². The third kappa shape index (κ3) is 4.50. The van der Waals surface area contributed by atoms with Gasteiger partial charge in [0.25, 0.3) is 11.8 Å². The van der Waals surface area contributed by atoms with Crippen LogP contribution in [0.2, 0.25) is 5.02 Å². The Morgan fingerprint density at radius 1 is 0.879 bits per heavy atom. The van der Waals surface area contributed by atoms with Gasteiger partial charge in [-0.25, -0.2) is 4.90 Å². The second-order valence-electron chi connectivity index (χ2n) is 8.08. The minimum Gasteiger partial charge on any atom is -0.494 e. The number of halogens is 1. The highest BCUT2D eigenvalue weighted by Gasteiger charge is 2.40. The average molecular weight is 461 g/mol. The fourth-order valence-corrected chi connectivity index (χ4v) is 4.15. The summed E-state index contributed by atoms with van der Waals surface area (Å²) in [4.78, 5) is 28.5. The highest BCUT2D eigenvalue weighted by atomic mass is 35.5. The number of aryl methyl sites for hydroxylation is 3. The Morgan fingerprint density at radius 3 is 2.18 bits per heavy atom. The number of imide groups is 1. The van der Waals surface area contributed by atoms with Crippen molar-refractivity contribution in [3.8, 4) is 5.75 Å². The van der Waals surface area contributed by atoms with E-state index in [4.69, 9.17) is 16.3 Å². The number of carbonyl (C=O) groups is 2. The van der Waals surface area contributed by atoms with Crippen molar-refractivity contribution in [1.82, 2.24) is 0 Å². The lowest BCUT2D eigenvalue weighted by molar-refractivity contribution is -0.120. The van der Waals surface area contributed by atoms with E-state index in [9.17, 15) is 9.59 Å². The Labute approximate surface area is 198 Å². The summed E-state index contributed by atoms with van der Waals surface area (Å²) in [5.41, 5.74) is 5.22. The van der Waals surface area contributed by atoms with E-state index in [1.807, 2.05) is 52.0 Å². The van der Waals surface area contributed by atoms with E-state index >= 15 is 0 Å². The minimum absolute atomic E-state index is 0.216. The number of benzene rings is 3. The summed E-state index contributed by atoms with van der Waals surface area (Å²) in [7, 11) is 0. The molecule has 5 nitrogen and oxygen atoms in total. The summed E-state index contributed by atoms with van der Waals surface area (Å²) in [6, 6.07) is 18.3. The number of hydrogen-bond acceptors (Lipinski definition) is 4. The Bertz CT molecular complexity index is 1260. The summed E-state index contributed by atoms with van der Waals surface area (Å²) < 4.78 is 5.53. The maximum Gasteiger partial charge on any atom is 0.282 e. The van der Waals surface area contributed by atoms with E-state index in [2.05, 4.69) is 5.32 Å². The van der Waals surface area contributed by atoms with Gasteiger partial charge >= 0.3 is 0 Å². The van der Waals surface area contributed by atoms with E-state index < -0.39 is 5.91 Å². The van der Waals surface area contributed by atoms with Gasteiger partial charge in [0.1, 0.15) is 11.4 Å². The van der Waals surface area contributed by atoms with Crippen molar-refractivity contribution in [1.29, 1.82) is 0 Å². The first kappa shape index (κ1) is 22.6. The van der Waals surface area contributed by atoms with Crippen molar-refractivity contribution in [2.24, 2.45) is 0 Å². The van der Waals surface area contributed by atoms with Crippen molar-refractivity contribution < 1.29 is 14.3 Å². The Morgan fingerprint density at radius 2 is 1.55 bits per heavy atom. The number of nitrogens with zero attached hydrogens (tertiary/aromatic N) is 1. The van der Waals surface area contributed by atoms with E-state index in [0.717, 1.165) is 16.7 Å². The molecule has 3 aromatic rings. The molecule has 168 valence electrons. The fourth-order valence-electron chi connectivity index (χ4n) is 3.98. The van der Waals surface area contributed by atoms with E-state index in [-0.39, 0.29) is 11.6 Å². The van der Waals surface area contributed by atoms with Crippen LogP contribution < -0.4 is 15.0 Å². The molecule has 0 saturated carbocycles. The molecule has 0 unspecified atom stereocenters. The quantitative estimate of drug-likeness (QED) is 0.454. The molecule has 0 spiro atoms. The molecular formula is C27H25ClN2O3. The molecule has 0 aliphatic carbocycles. The minimum atomic E-state index is -0.409. The Balaban J connectivity index is 1.84. The number of anilines is 2. The van der Waals surface area contributed by atoms with Crippen molar-refractivity contribution in [3.63, 3.8) is 0 Å². The molecule has 6 heteroatoms. The van der Waals surface area contributed by atoms with E-state index in [0.29, 0.717) is 39.9 Å². The molecule has 0 radical (unpaired) electrons. The molecule has 0 aromatic heterocycles. The zero-order chi connectivity index (χ0) is 23.7. The van der Waals surface area contributed by atoms with Gasteiger partial charge in [0.05, 0.1) is 17.9 Å². The summed E-state index contributed by atoms with van der Waals surface area (Å²) in [5.74, 6) is -0.0883. The number of nitrogens with one attached hydrogen (secondary N) is 1. The van der Waals surface area contributed by atoms with Gasteiger partial charge in [-0.05, 0) is 86.3 Å². The first-order valence-electron chi connectivity index (χ1n) is 10.8. The number of hydrogen-bond donors (Lipinski definition) is 1. The molecule has 0 atom stereocenters. The predicted octanol–water partition coefficient (Wildman–Crippen LogP) is 6.06. The van der Waals surface area contributed by atoms with Gasteiger partial charge < -0.3 is 10.1 Å². The number of amides is 2. The standard InChI is InChI=1S/C27H25ClN2O3/c1-5-33-22-10-7-19(8-11-22)24-25(29-23-15-20(28)9-6-18(23)4)27(32)30(26(24)31)21-13-16(2)12-17(3)14-21/h6-15,29H,5H2,1-4H3. The van der Waals surface area contributed by atoms with Crippen LogP contribution in [0.4, 0.5) is 11.4 Å². The van der Waals surface area contributed by atoms with Crippen LogP contribution in [0, 0.1) is 20.8 Å².